The number of para-hydroxylation sites is 3. The third kappa shape index (κ3) is 5.07. The quantitative estimate of drug-likeness (QED) is 0.166. The predicted molar refractivity (Wildman–Crippen MR) is 205 cm³/mol. The fourth-order valence-corrected chi connectivity index (χ4v) is 8.08. The Morgan fingerprint density at radius 1 is 0.588 bits per heavy atom. The molecule has 0 spiro atoms. The molecular weight excluding hydrogens is 804 g/mol. The summed E-state index contributed by atoms with van der Waals surface area (Å²) in [5, 5.41) is 2.68. The van der Waals surface area contributed by atoms with Crippen LogP contribution in [0.1, 0.15) is 49.9 Å². The number of fused-ring (bicyclic) bond motifs is 1. The van der Waals surface area contributed by atoms with Gasteiger partial charge >= 0.3 is 21.1 Å². The van der Waals surface area contributed by atoms with Crippen LogP contribution in [-0.2, 0) is 31.9 Å². The van der Waals surface area contributed by atoms with Crippen LogP contribution in [0, 0.1) is 12.1 Å². The van der Waals surface area contributed by atoms with Crippen LogP contribution in [-0.4, -0.2) is 14.5 Å². The molecule has 0 amide bonds. The smallest absolute Gasteiger partial charge is 0.352 e. The van der Waals surface area contributed by atoms with Gasteiger partial charge in [0.1, 0.15) is 0 Å². The molecule has 0 atom stereocenters. The van der Waals surface area contributed by atoms with Crippen LogP contribution in [0.5, 0.6) is 0 Å². The predicted octanol–water partition coefficient (Wildman–Crippen LogP) is 11.3. The summed E-state index contributed by atoms with van der Waals surface area (Å²) in [7, 11) is 0. The molecule has 0 saturated carbocycles. The molecule has 5 heterocycles. The van der Waals surface area contributed by atoms with E-state index in [1.807, 2.05) is 54.7 Å². The molecule has 4 nitrogen and oxygen atoms in total. The molecule has 0 radical (unpaired) electrons. The van der Waals surface area contributed by atoms with Gasteiger partial charge in [0.05, 0.1) is 16.7 Å². The Morgan fingerprint density at radius 2 is 1.20 bits per heavy atom. The van der Waals surface area contributed by atoms with Crippen molar-refractivity contribution >= 4 is 38.9 Å². The molecule has 8 aromatic rings. The van der Waals surface area contributed by atoms with Crippen molar-refractivity contribution < 1.29 is 21.1 Å². The van der Waals surface area contributed by atoms with E-state index in [9.17, 15) is 0 Å². The molecular formula is C46H36N4Pt. The van der Waals surface area contributed by atoms with Gasteiger partial charge in [-0.05, 0) is 64.0 Å². The number of nitrogens with zero attached hydrogens (tertiary/aromatic N) is 4. The topological polar surface area (TPSA) is 34.0 Å². The number of benzene rings is 5. The molecule has 0 bridgehead atoms. The Hall–Kier alpha value is -5.31. The number of hydrogen-bond acceptors (Lipinski definition) is 3. The van der Waals surface area contributed by atoms with Crippen LogP contribution in [0.2, 0.25) is 0 Å². The van der Waals surface area contributed by atoms with Gasteiger partial charge in [0, 0.05) is 45.9 Å². The zero-order valence-corrected chi connectivity index (χ0v) is 31.2. The summed E-state index contributed by atoms with van der Waals surface area (Å²) in [6.45, 7) is 9.55. The number of hydrogen-bond donors (Lipinski definition) is 0. The van der Waals surface area contributed by atoms with Crippen LogP contribution in [0.4, 0.5) is 17.1 Å². The second-order valence-corrected chi connectivity index (χ2v) is 14.2. The van der Waals surface area contributed by atoms with Crippen LogP contribution < -0.4 is 4.90 Å². The maximum atomic E-state index is 4.62. The molecule has 2 aliphatic rings. The summed E-state index contributed by atoms with van der Waals surface area (Å²) < 4.78 is 2.58. The molecule has 0 N–H and O–H groups in total. The van der Waals surface area contributed by atoms with Gasteiger partial charge in [-0.1, -0.05) is 88.0 Å². The number of aromatic nitrogens is 3. The van der Waals surface area contributed by atoms with Crippen molar-refractivity contribution in [1.82, 2.24) is 14.5 Å². The van der Waals surface area contributed by atoms with Crippen molar-refractivity contribution in [2.75, 3.05) is 4.90 Å². The van der Waals surface area contributed by atoms with Crippen molar-refractivity contribution in [2.24, 2.45) is 0 Å². The van der Waals surface area contributed by atoms with E-state index in [4.69, 9.17) is 0 Å². The molecule has 0 aliphatic carbocycles. The molecule has 5 heteroatoms. The summed E-state index contributed by atoms with van der Waals surface area (Å²) in [6, 6.07) is 52.0. The number of anilines is 3. The van der Waals surface area contributed by atoms with Crippen molar-refractivity contribution in [3.63, 3.8) is 0 Å². The molecule has 3 aromatic heterocycles. The van der Waals surface area contributed by atoms with E-state index in [1.165, 1.54) is 49.7 Å². The van der Waals surface area contributed by atoms with Gasteiger partial charge in [-0.15, -0.1) is 35.9 Å². The Balaban J connectivity index is 0.000000487. The minimum atomic E-state index is -0.205. The summed E-state index contributed by atoms with van der Waals surface area (Å²) >= 11 is 0. The van der Waals surface area contributed by atoms with Gasteiger partial charge in [0.2, 0.25) is 0 Å². The fourth-order valence-electron chi connectivity index (χ4n) is 8.08. The van der Waals surface area contributed by atoms with Gasteiger partial charge in [0.25, 0.3) is 0 Å². The molecule has 250 valence electrons. The van der Waals surface area contributed by atoms with E-state index >= 15 is 0 Å². The Kier molecular flexibility index (Phi) is 8.04. The molecule has 0 unspecified atom stereocenters. The third-order valence-electron chi connectivity index (χ3n) is 10.5. The van der Waals surface area contributed by atoms with E-state index < -0.39 is 0 Å². The molecule has 0 fully saturated rings. The van der Waals surface area contributed by atoms with E-state index in [0.29, 0.717) is 0 Å². The SMILES string of the molecule is CC1(C)c2cc(N(c3[c-]cccc3)c3[c-]c(-c4ccccn4)ccc3)cc3c2-n2c4c1cccc4c1cccc(c12)C3(C)C.[Pt+2].c1ccncc1. The van der Waals surface area contributed by atoms with Gasteiger partial charge in [-0.3, -0.25) is 4.98 Å². The summed E-state index contributed by atoms with van der Waals surface area (Å²) in [5.74, 6) is 0. The van der Waals surface area contributed by atoms with Gasteiger partial charge in [0.15, 0.2) is 0 Å². The second kappa shape index (κ2) is 12.5. The van der Waals surface area contributed by atoms with Gasteiger partial charge in [-0.2, -0.15) is 24.3 Å². The molecule has 10 rings (SSSR count). The molecule has 0 saturated heterocycles. The number of rotatable bonds is 4. The second-order valence-electron chi connectivity index (χ2n) is 14.2. The van der Waals surface area contributed by atoms with Crippen molar-refractivity contribution in [3.05, 3.63) is 180 Å². The maximum Gasteiger partial charge on any atom is 2.00 e. The van der Waals surface area contributed by atoms with E-state index in [2.05, 4.69) is 138 Å². The van der Waals surface area contributed by atoms with Crippen LogP contribution in [0.3, 0.4) is 0 Å². The maximum absolute atomic E-state index is 4.62. The first-order chi connectivity index (χ1) is 24.4. The summed E-state index contributed by atoms with van der Waals surface area (Å²) in [5.41, 5.74) is 13.9. The molecule has 2 aliphatic heterocycles. The molecule has 5 aromatic carbocycles. The average Bonchev–Trinajstić information content (AvgIpc) is 3.50. The third-order valence-corrected chi connectivity index (χ3v) is 10.5. The first-order valence-electron chi connectivity index (χ1n) is 17.2. The minimum absolute atomic E-state index is 0. The monoisotopic (exact) mass is 839 g/mol. The van der Waals surface area contributed by atoms with Crippen LogP contribution >= 0.6 is 0 Å². The number of pyridine rings is 2. The van der Waals surface area contributed by atoms with Gasteiger partial charge < -0.3 is 14.5 Å². The summed E-state index contributed by atoms with van der Waals surface area (Å²) in [4.78, 5) is 10.7. The summed E-state index contributed by atoms with van der Waals surface area (Å²) in [6.07, 6.45) is 5.34. The van der Waals surface area contributed by atoms with Crippen molar-refractivity contribution in [2.45, 2.75) is 38.5 Å². The largest absolute Gasteiger partial charge is 2.00 e. The Morgan fingerprint density at radius 3 is 1.75 bits per heavy atom. The molecule has 51 heavy (non-hydrogen) atoms. The first-order valence-corrected chi connectivity index (χ1v) is 17.2. The van der Waals surface area contributed by atoms with Crippen molar-refractivity contribution in [3.8, 4) is 16.9 Å². The van der Waals surface area contributed by atoms with E-state index in [-0.39, 0.29) is 31.9 Å². The van der Waals surface area contributed by atoms with Crippen molar-refractivity contribution in [1.29, 1.82) is 0 Å². The first kappa shape index (κ1) is 32.9. The normalized spacial score (nSPS) is 14.0. The van der Waals surface area contributed by atoms with Gasteiger partial charge in [-0.25, -0.2) is 0 Å². The van der Waals surface area contributed by atoms with E-state index in [1.54, 1.807) is 12.4 Å². The average molecular weight is 840 g/mol. The van der Waals surface area contributed by atoms with Crippen LogP contribution in [0.25, 0.3) is 38.8 Å². The Bertz CT molecular complexity index is 2420. The van der Waals surface area contributed by atoms with E-state index in [0.717, 1.165) is 28.3 Å². The zero-order chi connectivity index (χ0) is 34.0. The van der Waals surface area contributed by atoms with Crippen LogP contribution in [0.15, 0.2) is 146 Å². The standard InChI is InChI=1S/C41H31N3.C5H5N.Pt/c1-40(2)32-19-11-17-30-31-18-12-20-33-38(31)44(37(30)32)39-34(40)24-29(25-35(39)41(33,3)4)43(27-14-6-5-7-15-27)28-16-10-13-26(23-28)36-21-8-9-22-42-36;1-2-4-6-5-3-1;/h5-14,16-22,24-25H,1-4H3;1-5H;/q-2;;+2. The Labute approximate surface area is 313 Å². The minimum Gasteiger partial charge on any atom is -0.352 e. The zero-order valence-electron chi connectivity index (χ0n) is 29.0. The fraction of sp³-hybridized carbons (Fsp3) is 0.130.